The average molecular weight is 294 g/mol. The lowest BCUT2D eigenvalue weighted by Crippen LogP contribution is -2.32. The van der Waals surface area contributed by atoms with Crippen LogP contribution in [0.2, 0.25) is 0 Å². The topological polar surface area (TPSA) is 42.4 Å². The maximum Gasteiger partial charge on any atom is 0.144 e. The molecule has 1 unspecified atom stereocenters. The molecule has 0 saturated carbocycles. The zero-order chi connectivity index (χ0) is 15.4. The highest BCUT2D eigenvalue weighted by Gasteiger charge is 2.28. The fourth-order valence-corrected chi connectivity index (χ4v) is 2.91. The van der Waals surface area contributed by atoms with Crippen molar-refractivity contribution in [1.29, 1.82) is 0 Å². The molecule has 1 atom stereocenters. The predicted octanol–water partition coefficient (Wildman–Crippen LogP) is 2.75. The van der Waals surface area contributed by atoms with Crippen molar-refractivity contribution in [2.75, 3.05) is 13.7 Å². The first-order chi connectivity index (χ1) is 10.8. The predicted molar refractivity (Wildman–Crippen MR) is 84.7 cm³/mol. The molecule has 1 aromatic heterocycles. The van der Waals surface area contributed by atoms with E-state index in [4.69, 9.17) is 4.74 Å². The number of hydrogen-bond donors (Lipinski definition) is 0. The molecule has 3 rings (SSSR count). The first kappa shape index (κ1) is 14.3. The third-order valence-electron chi connectivity index (χ3n) is 3.94. The maximum atomic E-state index is 10.7. The van der Waals surface area contributed by atoms with Crippen LogP contribution in [0.15, 0.2) is 54.9 Å². The fraction of sp³-hybridized carbons (Fsp3) is 0.222. The van der Waals surface area contributed by atoms with Gasteiger partial charge in [0.15, 0.2) is 0 Å². The third kappa shape index (κ3) is 2.72. The van der Waals surface area contributed by atoms with E-state index in [2.05, 4.69) is 22.0 Å². The molecule has 0 fully saturated rings. The summed E-state index contributed by atoms with van der Waals surface area (Å²) in [6, 6.07) is 12.1. The Labute approximate surface area is 130 Å². The minimum Gasteiger partial charge on any atom is -0.497 e. The van der Waals surface area contributed by atoms with Crippen LogP contribution in [-0.4, -0.2) is 29.8 Å². The van der Waals surface area contributed by atoms with Gasteiger partial charge in [-0.05, 0) is 47.9 Å². The molecule has 1 aromatic carbocycles. The molecule has 0 spiro atoms. The molecule has 4 heteroatoms. The van der Waals surface area contributed by atoms with Gasteiger partial charge in [0.2, 0.25) is 0 Å². The molecule has 1 aliphatic heterocycles. The number of methoxy groups -OCH3 is 1. The molecular formula is C18H18N2O2. The molecule has 0 radical (unpaired) electrons. The lowest BCUT2D eigenvalue weighted by atomic mass is 9.90. The molecule has 4 nitrogen and oxygen atoms in total. The first-order valence-corrected chi connectivity index (χ1v) is 7.29. The van der Waals surface area contributed by atoms with Crippen LogP contribution in [0.25, 0.3) is 0 Å². The Kier molecular flexibility index (Phi) is 4.19. The van der Waals surface area contributed by atoms with Crippen molar-refractivity contribution in [1.82, 2.24) is 9.88 Å². The van der Waals surface area contributed by atoms with Gasteiger partial charge in [-0.25, -0.2) is 0 Å². The number of nitrogens with zero attached hydrogens (tertiary/aromatic N) is 2. The summed E-state index contributed by atoms with van der Waals surface area (Å²) in [5.74, 6) is 0.834. The van der Waals surface area contributed by atoms with E-state index >= 15 is 0 Å². The SMILES string of the molecule is COc1ccc2c(c1)C(c1ccccn1)N(C=CC=O)CC2. The Hall–Kier alpha value is -2.62. The summed E-state index contributed by atoms with van der Waals surface area (Å²) in [4.78, 5) is 17.3. The molecule has 1 aliphatic rings. The summed E-state index contributed by atoms with van der Waals surface area (Å²) in [5, 5.41) is 0. The van der Waals surface area contributed by atoms with Crippen molar-refractivity contribution >= 4 is 6.29 Å². The van der Waals surface area contributed by atoms with E-state index in [1.54, 1.807) is 13.3 Å². The number of fused-ring (bicyclic) bond motifs is 1. The van der Waals surface area contributed by atoms with Gasteiger partial charge in [0, 0.05) is 18.9 Å². The minimum atomic E-state index is -0.00347. The van der Waals surface area contributed by atoms with Gasteiger partial charge < -0.3 is 9.64 Å². The van der Waals surface area contributed by atoms with E-state index in [0.717, 1.165) is 30.7 Å². The van der Waals surface area contributed by atoms with Gasteiger partial charge in [0.1, 0.15) is 12.0 Å². The van der Waals surface area contributed by atoms with E-state index in [1.165, 1.54) is 17.2 Å². The van der Waals surface area contributed by atoms with Crippen LogP contribution in [0.5, 0.6) is 5.75 Å². The average Bonchev–Trinajstić information content (AvgIpc) is 2.59. The summed E-state index contributed by atoms with van der Waals surface area (Å²) in [5.41, 5.74) is 3.44. The number of pyridine rings is 1. The standard InChI is InChI=1S/C18H18N2O2/c1-22-15-7-6-14-8-11-20(10-4-12-21)18(16(14)13-15)17-5-2-3-9-19-17/h2-7,9-10,12-13,18H,8,11H2,1H3. The Balaban J connectivity index is 2.10. The van der Waals surface area contributed by atoms with Crippen LogP contribution >= 0.6 is 0 Å². The summed E-state index contributed by atoms with van der Waals surface area (Å²) >= 11 is 0. The second-order valence-electron chi connectivity index (χ2n) is 5.19. The number of aromatic nitrogens is 1. The monoisotopic (exact) mass is 294 g/mol. The maximum absolute atomic E-state index is 10.7. The second kappa shape index (κ2) is 6.43. The molecule has 0 bridgehead atoms. The van der Waals surface area contributed by atoms with E-state index in [-0.39, 0.29) is 6.04 Å². The highest BCUT2D eigenvalue weighted by atomic mass is 16.5. The molecule has 2 heterocycles. The van der Waals surface area contributed by atoms with E-state index in [0.29, 0.717) is 0 Å². The summed E-state index contributed by atoms with van der Waals surface area (Å²) in [6.45, 7) is 0.852. The van der Waals surface area contributed by atoms with Crippen LogP contribution in [-0.2, 0) is 11.2 Å². The van der Waals surface area contributed by atoms with Crippen molar-refractivity contribution in [3.05, 3.63) is 71.7 Å². The van der Waals surface area contributed by atoms with Crippen LogP contribution in [0.1, 0.15) is 22.9 Å². The largest absolute Gasteiger partial charge is 0.497 e. The highest BCUT2D eigenvalue weighted by molar-refractivity contribution is 5.64. The van der Waals surface area contributed by atoms with Gasteiger partial charge in [-0.2, -0.15) is 0 Å². The van der Waals surface area contributed by atoms with Gasteiger partial charge in [-0.1, -0.05) is 12.1 Å². The van der Waals surface area contributed by atoms with Gasteiger partial charge in [0.25, 0.3) is 0 Å². The van der Waals surface area contributed by atoms with E-state index in [1.807, 2.05) is 30.5 Å². The lowest BCUT2D eigenvalue weighted by molar-refractivity contribution is -0.104. The summed E-state index contributed by atoms with van der Waals surface area (Å²) in [6.07, 6.45) is 6.91. The van der Waals surface area contributed by atoms with Gasteiger partial charge in [-0.3, -0.25) is 9.78 Å². The number of carbonyl (C=O) groups is 1. The first-order valence-electron chi connectivity index (χ1n) is 7.29. The Morgan fingerprint density at radius 3 is 2.95 bits per heavy atom. The van der Waals surface area contributed by atoms with E-state index < -0.39 is 0 Å². The number of allylic oxidation sites excluding steroid dienone is 1. The number of ether oxygens (including phenoxy) is 1. The lowest BCUT2D eigenvalue weighted by Gasteiger charge is -2.36. The van der Waals surface area contributed by atoms with Gasteiger partial charge in [-0.15, -0.1) is 0 Å². The minimum absolute atomic E-state index is 0.00347. The molecule has 0 aliphatic carbocycles. The van der Waals surface area contributed by atoms with Crippen LogP contribution in [0.4, 0.5) is 0 Å². The highest BCUT2D eigenvalue weighted by Crippen LogP contribution is 2.36. The number of hydrogen-bond acceptors (Lipinski definition) is 4. The van der Waals surface area contributed by atoms with Crippen LogP contribution in [0, 0.1) is 0 Å². The molecule has 2 aromatic rings. The molecular weight excluding hydrogens is 276 g/mol. The van der Waals surface area contributed by atoms with Crippen molar-refractivity contribution in [3.8, 4) is 5.75 Å². The normalized spacial score (nSPS) is 17.3. The Morgan fingerprint density at radius 2 is 2.23 bits per heavy atom. The molecule has 0 N–H and O–H groups in total. The fourth-order valence-electron chi connectivity index (χ4n) is 2.91. The summed E-state index contributed by atoms with van der Waals surface area (Å²) in [7, 11) is 1.67. The third-order valence-corrected chi connectivity index (χ3v) is 3.94. The Bertz CT molecular complexity index is 683. The molecule has 0 amide bonds. The molecule has 112 valence electrons. The van der Waals surface area contributed by atoms with Crippen LogP contribution < -0.4 is 4.74 Å². The van der Waals surface area contributed by atoms with Gasteiger partial charge >= 0.3 is 0 Å². The number of carbonyl (C=O) groups excluding carboxylic acids is 1. The Morgan fingerprint density at radius 1 is 1.32 bits per heavy atom. The number of aldehydes is 1. The zero-order valence-electron chi connectivity index (χ0n) is 12.5. The number of rotatable bonds is 4. The smallest absolute Gasteiger partial charge is 0.144 e. The van der Waals surface area contributed by atoms with E-state index in [9.17, 15) is 4.79 Å². The van der Waals surface area contributed by atoms with Crippen molar-refractivity contribution in [3.63, 3.8) is 0 Å². The molecule has 22 heavy (non-hydrogen) atoms. The van der Waals surface area contributed by atoms with Crippen molar-refractivity contribution < 1.29 is 9.53 Å². The van der Waals surface area contributed by atoms with Crippen molar-refractivity contribution in [2.45, 2.75) is 12.5 Å². The van der Waals surface area contributed by atoms with Crippen molar-refractivity contribution in [2.24, 2.45) is 0 Å². The number of benzene rings is 1. The van der Waals surface area contributed by atoms with Gasteiger partial charge in [0.05, 0.1) is 18.8 Å². The zero-order valence-corrected chi connectivity index (χ0v) is 12.5. The second-order valence-corrected chi connectivity index (χ2v) is 5.19. The quantitative estimate of drug-likeness (QED) is 0.642. The summed E-state index contributed by atoms with van der Waals surface area (Å²) < 4.78 is 5.37. The van der Waals surface area contributed by atoms with Crippen LogP contribution in [0.3, 0.4) is 0 Å². The molecule has 0 saturated heterocycles.